The van der Waals surface area contributed by atoms with Crippen LogP contribution in [0.1, 0.15) is 29.8 Å². The highest BCUT2D eigenvalue weighted by Crippen LogP contribution is 2.11. The van der Waals surface area contributed by atoms with Gasteiger partial charge in [-0.25, -0.2) is 0 Å². The van der Waals surface area contributed by atoms with Crippen LogP contribution in [0.25, 0.3) is 0 Å². The standard InChI is InChI=1S/C20H25N3O2/c1-3-23(4-2)15-19(24)22-18-12-8-11-17(13-18)20(25)21-14-16-9-6-5-7-10-16/h5-13H,3-4,14-15H2,1-2H3,(H,21,25)(H,22,24). The van der Waals surface area contributed by atoms with Gasteiger partial charge in [0.05, 0.1) is 6.54 Å². The quantitative estimate of drug-likeness (QED) is 0.777. The normalized spacial score (nSPS) is 10.5. The molecule has 5 nitrogen and oxygen atoms in total. The summed E-state index contributed by atoms with van der Waals surface area (Å²) in [5.41, 5.74) is 2.20. The van der Waals surface area contributed by atoms with Crippen molar-refractivity contribution in [2.24, 2.45) is 0 Å². The van der Waals surface area contributed by atoms with Gasteiger partial charge in [0, 0.05) is 17.8 Å². The molecule has 0 bridgehead atoms. The number of carbonyl (C=O) groups excluding carboxylic acids is 2. The molecule has 2 aromatic carbocycles. The first kappa shape index (κ1) is 18.7. The van der Waals surface area contributed by atoms with Crippen molar-refractivity contribution in [2.75, 3.05) is 25.0 Å². The Morgan fingerprint density at radius 3 is 2.36 bits per heavy atom. The van der Waals surface area contributed by atoms with E-state index in [1.54, 1.807) is 24.3 Å². The van der Waals surface area contributed by atoms with E-state index in [1.807, 2.05) is 49.1 Å². The second kappa shape index (κ2) is 9.59. The van der Waals surface area contributed by atoms with Crippen LogP contribution in [-0.4, -0.2) is 36.3 Å². The Morgan fingerprint density at radius 1 is 0.960 bits per heavy atom. The molecule has 2 amide bonds. The lowest BCUT2D eigenvalue weighted by molar-refractivity contribution is -0.117. The fourth-order valence-corrected chi connectivity index (χ4v) is 2.47. The molecule has 0 aliphatic rings. The van der Waals surface area contributed by atoms with Crippen molar-refractivity contribution in [1.29, 1.82) is 0 Å². The van der Waals surface area contributed by atoms with Gasteiger partial charge in [0.1, 0.15) is 0 Å². The van der Waals surface area contributed by atoms with Gasteiger partial charge < -0.3 is 10.6 Å². The zero-order valence-corrected chi connectivity index (χ0v) is 14.8. The number of likely N-dealkylation sites (N-methyl/N-ethyl adjacent to an activating group) is 1. The van der Waals surface area contributed by atoms with Crippen molar-refractivity contribution in [2.45, 2.75) is 20.4 Å². The number of rotatable bonds is 8. The van der Waals surface area contributed by atoms with Gasteiger partial charge in [-0.2, -0.15) is 0 Å². The molecular weight excluding hydrogens is 314 g/mol. The summed E-state index contributed by atoms with van der Waals surface area (Å²) in [6, 6.07) is 16.7. The summed E-state index contributed by atoms with van der Waals surface area (Å²) in [4.78, 5) is 26.4. The molecule has 0 aromatic heterocycles. The molecule has 0 fully saturated rings. The van der Waals surface area contributed by atoms with Crippen LogP contribution >= 0.6 is 0 Å². The first-order chi connectivity index (χ1) is 12.1. The van der Waals surface area contributed by atoms with Crippen LogP contribution in [0.3, 0.4) is 0 Å². The molecule has 2 N–H and O–H groups in total. The number of nitrogens with zero attached hydrogens (tertiary/aromatic N) is 1. The van der Waals surface area contributed by atoms with Crippen molar-refractivity contribution < 1.29 is 9.59 Å². The lowest BCUT2D eigenvalue weighted by atomic mass is 10.1. The molecule has 2 rings (SSSR count). The molecule has 25 heavy (non-hydrogen) atoms. The van der Waals surface area contributed by atoms with Crippen molar-refractivity contribution in [3.05, 3.63) is 65.7 Å². The first-order valence-corrected chi connectivity index (χ1v) is 8.56. The first-order valence-electron chi connectivity index (χ1n) is 8.56. The molecule has 0 radical (unpaired) electrons. The summed E-state index contributed by atoms with van der Waals surface area (Å²) in [5.74, 6) is -0.241. The van der Waals surface area contributed by atoms with E-state index in [1.165, 1.54) is 0 Å². The van der Waals surface area contributed by atoms with E-state index in [9.17, 15) is 9.59 Å². The topological polar surface area (TPSA) is 61.4 Å². The lowest BCUT2D eigenvalue weighted by Gasteiger charge is -2.17. The zero-order chi connectivity index (χ0) is 18.1. The summed E-state index contributed by atoms with van der Waals surface area (Å²) in [6.45, 7) is 6.51. The third-order valence-corrected chi connectivity index (χ3v) is 3.97. The average molecular weight is 339 g/mol. The van der Waals surface area contributed by atoms with Gasteiger partial charge in [-0.05, 0) is 36.9 Å². The minimum Gasteiger partial charge on any atom is -0.348 e. The van der Waals surface area contributed by atoms with Crippen molar-refractivity contribution in [3.63, 3.8) is 0 Å². The van der Waals surface area contributed by atoms with Gasteiger partial charge in [-0.3, -0.25) is 14.5 Å². The summed E-state index contributed by atoms with van der Waals surface area (Å²) >= 11 is 0. The Hall–Kier alpha value is -2.66. The Bertz CT molecular complexity index is 697. The van der Waals surface area contributed by atoms with Gasteiger partial charge in [0.25, 0.3) is 5.91 Å². The van der Waals surface area contributed by atoms with Crippen LogP contribution < -0.4 is 10.6 Å². The Labute approximate surface area is 149 Å². The van der Waals surface area contributed by atoms with Crippen LogP contribution in [0, 0.1) is 0 Å². The summed E-state index contributed by atoms with van der Waals surface area (Å²) in [5, 5.41) is 5.74. The fourth-order valence-electron chi connectivity index (χ4n) is 2.47. The van der Waals surface area contributed by atoms with Crippen LogP contribution in [-0.2, 0) is 11.3 Å². The van der Waals surface area contributed by atoms with E-state index in [2.05, 4.69) is 10.6 Å². The number of benzene rings is 2. The predicted molar refractivity (Wildman–Crippen MR) is 100 cm³/mol. The fraction of sp³-hybridized carbons (Fsp3) is 0.300. The van der Waals surface area contributed by atoms with E-state index in [-0.39, 0.29) is 11.8 Å². The summed E-state index contributed by atoms with van der Waals surface area (Å²) < 4.78 is 0. The number of hydrogen-bond donors (Lipinski definition) is 2. The minimum atomic E-state index is -0.163. The summed E-state index contributed by atoms with van der Waals surface area (Å²) in [6.07, 6.45) is 0. The molecule has 0 spiro atoms. The van der Waals surface area contributed by atoms with E-state index < -0.39 is 0 Å². The highest BCUT2D eigenvalue weighted by molar-refractivity contribution is 5.97. The number of amides is 2. The lowest BCUT2D eigenvalue weighted by Crippen LogP contribution is -2.33. The Kier molecular flexibility index (Phi) is 7.16. The minimum absolute atomic E-state index is 0.0782. The maximum Gasteiger partial charge on any atom is 0.251 e. The molecule has 0 aliphatic carbocycles. The highest BCUT2D eigenvalue weighted by Gasteiger charge is 2.10. The molecule has 0 aliphatic heterocycles. The van der Waals surface area contributed by atoms with Crippen molar-refractivity contribution >= 4 is 17.5 Å². The highest BCUT2D eigenvalue weighted by atomic mass is 16.2. The van der Waals surface area contributed by atoms with E-state index in [0.29, 0.717) is 24.3 Å². The Balaban J connectivity index is 1.93. The van der Waals surface area contributed by atoms with Gasteiger partial charge in [0.2, 0.25) is 5.91 Å². The molecule has 0 saturated heterocycles. The molecule has 0 saturated carbocycles. The number of carbonyl (C=O) groups is 2. The summed E-state index contributed by atoms with van der Waals surface area (Å²) in [7, 11) is 0. The molecule has 0 unspecified atom stereocenters. The number of anilines is 1. The van der Waals surface area contributed by atoms with Gasteiger partial charge in [-0.15, -0.1) is 0 Å². The third-order valence-electron chi connectivity index (χ3n) is 3.97. The van der Waals surface area contributed by atoms with E-state index >= 15 is 0 Å². The van der Waals surface area contributed by atoms with Crippen LogP contribution in [0.2, 0.25) is 0 Å². The van der Waals surface area contributed by atoms with Gasteiger partial charge >= 0.3 is 0 Å². The smallest absolute Gasteiger partial charge is 0.251 e. The second-order valence-electron chi connectivity index (χ2n) is 5.76. The SMILES string of the molecule is CCN(CC)CC(=O)Nc1cccc(C(=O)NCc2ccccc2)c1. The maximum absolute atomic E-state index is 12.3. The monoisotopic (exact) mass is 339 g/mol. The number of nitrogens with one attached hydrogen (secondary N) is 2. The number of hydrogen-bond acceptors (Lipinski definition) is 3. The molecule has 5 heteroatoms. The second-order valence-corrected chi connectivity index (χ2v) is 5.76. The molecule has 0 heterocycles. The molecular formula is C20H25N3O2. The van der Waals surface area contributed by atoms with Crippen molar-refractivity contribution in [1.82, 2.24) is 10.2 Å². The van der Waals surface area contributed by atoms with Crippen molar-refractivity contribution in [3.8, 4) is 0 Å². The van der Waals surface area contributed by atoms with Crippen LogP contribution in [0.4, 0.5) is 5.69 Å². The van der Waals surface area contributed by atoms with Gasteiger partial charge in [0.15, 0.2) is 0 Å². The molecule has 2 aromatic rings. The predicted octanol–water partition coefficient (Wildman–Crippen LogP) is 2.90. The average Bonchev–Trinajstić information content (AvgIpc) is 2.65. The largest absolute Gasteiger partial charge is 0.348 e. The molecule has 0 atom stereocenters. The van der Waals surface area contributed by atoms with Crippen LogP contribution in [0.15, 0.2) is 54.6 Å². The van der Waals surface area contributed by atoms with E-state index in [4.69, 9.17) is 0 Å². The van der Waals surface area contributed by atoms with E-state index in [0.717, 1.165) is 18.7 Å². The van der Waals surface area contributed by atoms with Gasteiger partial charge in [-0.1, -0.05) is 50.2 Å². The van der Waals surface area contributed by atoms with Crippen LogP contribution in [0.5, 0.6) is 0 Å². The Morgan fingerprint density at radius 2 is 1.68 bits per heavy atom. The zero-order valence-electron chi connectivity index (χ0n) is 14.8. The maximum atomic E-state index is 12.3. The third kappa shape index (κ3) is 6.04. The molecule has 132 valence electrons.